The second-order valence-electron chi connectivity index (χ2n) is 10.6. The van der Waals surface area contributed by atoms with Crippen LogP contribution in [-0.2, 0) is 21.4 Å². The third-order valence-corrected chi connectivity index (χ3v) is 9.06. The maximum Gasteiger partial charge on any atom is 0.264 e. The number of hydrogen-bond donors (Lipinski definition) is 2. The number of carbonyl (C=O) groups excluding carboxylic acids is 1. The largest absolute Gasteiger partial charge is 0.497 e. The highest BCUT2D eigenvalue weighted by Gasteiger charge is 2.39. The Hall–Kier alpha value is -4.23. The number of ether oxygens (including phenoxy) is 1. The van der Waals surface area contributed by atoms with Gasteiger partial charge in [-0.3, -0.25) is 18.9 Å². The number of amides is 1. The van der Waals surface area contributed by atoms with Gasteiger partial charge in [-0.15, -0.1) is 0 Å². The van der Waals surface area contributed by atoms with Crippen LogP contribution < -0.4 is 15.0 Å². The highest BCUT2D eigenvalue weighted by molar-refractivity contribution is 7.92. The average Bonchev–Trinajstić information content (AvgIpc) is 3.73. The summed E-state index contributed by atoms with van der Waals surface area (Å²) in [5.74, 6) is 0.849. The van der Waals surface area contributed by atoms with E-state index < -0.39 is 15.6 Å². The van der Waals surface area contributed by atoms with Crippen LogP contribution >= 0.6 is 0 Å². The van der Waals surface area contributed by atoms with Crippen molar-refractivity contribution in [1.29, 1.82) is 0 Å². The number of benzene rings is 2. The van der Waals surface area contributed by atoms with Crippen LogP contribution in [0.3, 0.4) is 0 Å². The quantitative estimate of drug-likeness (QED) is 0.323. The molecule has 2 aromatic heterocycles. The molecule has 12 nitrogen and oxygen atoms in total. The molecule has 0 spiro atoms. The van der Waals surface area contributed by atoms with E-state index in [1.165, 1.54) is 41.0 Å². The van der Waals surface area contributed by atoms with Crippen molar-refractivity contribution < 1.29 is 23.1 Å². The van der Waals surface area contributed by atoms with Crippen LogP contribution in [0.1, 0.15) is 25.7 Å². The number of fused-ring (bicyclic) bond motifs is 1. The van der Waals surface area contributed by atoms with E-state index in [0.717, 1.165) is 12.8 Å². The molecule has 2 aliphatic rings. The van der Waals surface area contributed by atoms with Crippen LogP contribution in [0.5, 0.6) is 5.75 Å². The summed E-state index contributed by atoms with van der Waals surface area (Å²) in [5, 5.41) is 15.8. The predicted molar refractivity (Wildman–Crippen MR) is 150 cm³/mol. The summed E-state index contributed by atoms with van der Waals surface area (Å²) >= 11 is 0. The number of likely N-dealkylation sites (tertiary alicyclic amines) is 1. The molecule has 41 heavy (non-hydrogen) atoms. The molecule has 0 radical (unpaired) electrons. The molecule has 2 aromatic carbocycles. The molecule has 6 rings (SSSR count). The Kier molecular flexibility index (Phi) is 6.78. The molecule has 3 heterocycles. The molecular weight excluding hydrogens is 548 g/mol. The Morgan fingerprint density at radius 3 is 2.56 bits per heavy atom. The minimum absolute atomic E-state index is 0.0635. The molecule has 2 N–H and O–H groups in total. The van der Waals surface area contributed by atoms with Crippen molar-refractivity contribution in [2.75, 3.05) is 24.9 Å². The van der Waals surface area contributed by atoms with Crippen molar-refractivity contribution in [3.05, 3.63) is 71.4 Å². The van der Waals surface area contributed by atoms with Crippen LogP contribution in [0.25, 0.3) is 16.7 Å². The van der Waals surface area contributed by atoms with Crippen LogP contribution in [0, 0.1) is 5.92 Å². The van der Waals surface area contributed by atoms with E-state index in [-0.39, 0.29) is 34.2 Å². The van der Waals surface area contributed by atoms with Gasteiger partial charge in [0.1, 0.15) is 17.5 Å². The fraction of sp³-hybridized carbons (Fsp3) is 0.357. The van der Waals surface area contributed by atoms with Gasteiger partial charge in [0.25, 0.3) is 15.6 Å². The molecule has 1 amide bonds. The van der Waals surface area contributed by atoms with Crippen LogP contribution in [0.2, 0.25) is 0 Å². The zero-order chi connectivity index (χ0) is 28.8. The maximum atomic E-state index is 13.3. The summed E-state index contributed by atoms with van der Waals surface area (Å²) in [6.45, 7) is 0.994. The first kappa shape index (κ1) is 27.0. The molecule has 0 unspecified atom stereocenters. The Balaban J connectivity index is 1.20. The van der Waals surface area contributed by atoms with Gasteiger partial charge in [0, 0.05) is 19.0 Å². The van der Waals surface area contributed by atoms with Gasteiger partial charge in [0.05, 0.1) is 41.7 Å². The second kappa shape index (κ2) is 10.3. The number of anilines is 1. The molecule has 1 aliphatic carbocycles. The predicted octanol–water partition coefficient (Wildman–Crippen LogP) is 2.16. The van der Waals surface area contributed by atoms with Gasteiger partial charge in [-0.25, -0.2) is 18.1 Å². The molecule has 1 aliphatic heterocycles. The summed E-state index contributed by atoms with van der Waals surface area (Å²) < 4.78 is 36.3. The Morgan fingerprint density at radius 2 is 1.88 bits per heavy atom. The van der Waals surface area contributed by atoms with Crippen molar-refractivity contribution in [2.24, 2.45) is 5.92 Å². The molecule has 1 saturated heterocycles. The van der Waals surface area contributed by atoms with Gasteiger partial charge in [-0.2, -0.15) is 5.10 Å². The van der Waals surface area contributed by atoms with Crippen molar-refractivity contribution in [1.82, 2.24) is 24.2 Å². The van der Waals surface area contributed by atoms with Crippen LogP contribution in [-0.4, -0.2) is 69.5 Å². The minimum Gasteiger partial charge on any atom is -0.497 e. The van der Waals surface area contributed by atoms with Gasteiger partial charge in [0.15, 0.2) is 5.65 Å². The normalized spacial score (nSPS) is 17.0. The summed E-state index contributed by atoms with van der Waals surface area (Å²) in [6, 6.07) is 12.6. The van der Waals surface area contributed by atoms with E-state index in [1.807, 2.05) is 4.90 Å². The topological polar surface area (TPSA) is 149 Å². The third kappa shape index (κ3) is 5.42. The first-order valence-electron chi connectivity index (χ1n) is 13.4. The van der Waals surface area contributed by atoms with Crippen LogP contribution in [0.15, 0.2) is 70.7 Å². The summed E-state index contributed by atoms with van der Waals surface area (Å²) in [4.78, 5) is 32.0. The average molecular weight is 579 g/mol. The van der Waals surface area contributed by atoms with Gasteiger partial charge >= 0.3 is 0 Å². The lowest BCUT2D eigenvalue weighted by Crippen LogP contribution is -2.50. The summed E-state index contributed by atoms with van der Waals surface area (Å²) in [7, 11) is -2.35. The van der Waals surface area contributed by atoms with E-state index in [9.17, 15) is 23.1 Å². The number of hydrogen-bond acceptors (Lipinski definition) is 8. The molecule has 2 fully saturated rings. The lowest BCUT2D eigenvalue weighted by molar-refractivity contribution is -0.137. The zero-order valence-corrected chi connectivity index (χ0v) is 23.2. The maximum absolute atomic E-state index is 13.3. The lowest BCUT2D eigenvalue weighted by Gasteiger charge is -2.38. The number of piperidine rings is 1. The summed E-state index contributed by atoms with van der Waals surface area (Å²) in [5.41, 5.74) is -0.346. The monoisotopic (exact) mass is 578 g/mol. The third-order valence-electron chi connectivity index (χ3n) is 7.66. The van der Waals surface area contributed by atoms with Crippen molar-refractivity contribution in [3.63, 3.8) is 0 Å². The summed E-state index contributed by atoms with van der Waals surface area (Å²) in [6.07, 6.45) is 5.45. The number of rotatable bonds is 8. The van der Waals surface area contributed by atoms with E-state index in [0.29, 0.717) is 48.7 Å². The minimum atomic E-state index is -3.86. The standard InChI is InChI=1S/C28H30N6O6S/c1-40-22-7-9-23(10-8-22)41(38,39)31-20-3-2-4-21(15-20)34-25-24(16-30-34)27(36)33(18-29-25)17-28(37)11-13-32(14-12-28)26(35)19-5-6-19/h2-4,7-10,15-16,18-19,31,37H,5-6,11-14,17H2,1H3. The fourth-order valence-electron chi connectivity index (χ4n) is 5.13. The first-order chi connectivity index (χ1) is 19.7. The molecule has 1 saturated carbocycles. The highest BCUT2D eigenvalue weighted by Crippen LogP contribution is 2.33. The smallest absolute Gasteiger partial charge is 0.264 e. The van der Waals surface area contributed by atoms with E-state index in [4.69, 9.17) is 4.74 Å². The fourth-order valence-corrected chi connectivity index (χ4v) is 6.18. The number of carbonyl (C=O) groups is 1. The van der Waals surface area contributed by atoms with Crippen molar-refractivity contribution in [2.45, 2.75) is 42.7 Å². The Morgan fingerprint density at radius 1 is 1.15 bits per heavy atom. The second-order valence-corrected chi connectivity index (χ2v) is 12.3. The van der Waals surface area contributed by atoms with Crippen molar-refractivity contribution in [3.8, 4) is 11.4 Å². The number of nitrogens with one attached hydrogen (secondary N) is 1. The number of aromatic nitrogens is 4. The zero-order valence-electron chi connectivity index (χ0n) is 22.4. The van der Waals surface area contributed by atoms with Gasteiger partial charge in [0.2, 0.25) is 5.91 Å². The highest BCUT2D eigenvalue weighted by atomic mass is 32.2. The van der Waals surface area contributed by atoms with E-state index in [2.05, 4.69) is 14.8 Å². The number of methoxy groups -OCH3 is 1. The molecule has 0 atom stereocenters. The van der Waals surface area contributed by atoms with Gasteiger partial charge in [-0.1, -0.05) is 6.07 Å². The molecule has 214 valence electrons. The Bertz CT molecular complexity index is 1770. The van der Waals surface area contributed by atoms with Gasteiger partial charge in [-0.05, 0) is 68.1 Å². The number of nitrogens with zero attached hydrogens (tertiary/aromatic N) is 5. The SMILES string of the molecule is COc1ccc(S(=O)(=O)Nc2cccc(-n3ncc4c(=O)n(CC5(O)CCN(C(=O)C6CC6)CC5)cnc43)c2)cc1. The van der Waals surface area contributed by atoms with Crippen molar-refractivity contribution >= 4 is 32.7 Å². The molecule has 0 bridgehead atoms. The van der Waals surface area contributed by atoms with E-state index in [1.54, 1.807) is 36.4 Å². The number of aliphatic hydroxyl groups is 1. The lowest BCUT2D eigenvalue weighted by atomic mass is 9.91. The van der Waals surface area contributed by atoms with Crippen LogP contribution in [0.4, 0.5) is 5.69 Å². The number of sulfonamides is 1. The van der Waals surface area contributed by atoms with E-state index >= 15 is 0 Å². The molecular formula is C28H30N6O6S. The Labute approximate surface area is 236 Å². The van der Waals surface area contributed by atoms with Gasteiger partial charge < -0.3 is 14.7 Å². The molecule has 13 heteroatoms. The molecule has 4 aromatic rings. The first-order valence-corrected chi connectivity index (χ1v) is 14.9.